The summed E-state index contributed by atoms with van der Waals surface area (Å²) in [6.07, 6.45) is 2.86. The van der Waals surface area contributed by atoms with Crippen LogP contribution in [0, 0.1) is 5.41 Å². The average molecular weight is 244 g/mol. The van der Waals surface area contributed by atoms with Crippen LogP contribution in [-0.4, -0.2) is 46.1 Å². The number of carbonyl (C=O) groups is 1. The Labute approximate surface area is 103 Å². The van der Waals surface area contributed by atoms with Crippen LogP contribution < -0.4 is 10.6 Å². The third-order valence-corrected chi connectivity index (χ3v) is 3.19. The highest BCUT2D eigenvalue weighted by atomic mass is 16.5. The number of rotatable bonds is 6. The summed E-state index contributed by atoms with van der Waals surface area (Å²) in [6, 6.07) is -0.0891. The van der Waals surface area contributed by atoms with Crippen molar-refractivity contribution in [2.45, 2.75) is 26.2 Å². The molecule has 0 bridgehead atoms. The molecule has 0 atom stereocenters. The Bertz CT molecular complexity index is 228. The molecule has 1 rings (SSSR count). The Morgan fingerprint density at radius 2 is 2.06 bits per heavy atom. The number of amides is 2. The summed E-state index contributed by atoms with van der Waals surface area (Å²) in [7, 11) is 1.66. The lowest BCUT2D eigenvalue weighted by atomic mass is 9.82. The molecular formula is C12H24N2O3. The van der Waals surface area contributed by atoms with Crippen LogP contribution >= 0.6 is 0 Å². The van der Waals surface area contributed by atoms with Gasteiger partial charge in [-0.05, 0) is 24.7 Å². The van der Waals surface area contributed by atoms with Gasteiger partial charge in [-0.1, -0.05) is 6.92 Å². The number of nitrogens with one attached hydrogen (secondary N) is 2. The van der Waals surface area contributed by atoms with Gasteiger partial charge in [-0.2, -0.15) is 0 Å². The zero-order chi connectivity index (χ0) is 12.6. The normalized spacial score (nSPS) is 18.7. The van der Waals surface area contributed by atoms with E-state index >= 15 is 0 Å². The lowest BCUT2D eigenvalue weighted by Crippen LogP contribution is -2.43. The second kappa shape index (κ2) is 7.50. The molecule has 1 aliphatic rings. The first-order chi connectivity index (χ1) is 8.16. The second-order valence-corrected chi connectivity index (χ2v) is 4.88. The SMILES string of the molecule is COCCCNC(=O)NCC1(C)CCOCC1. The van der Waals surface area contributed by atoms with E-state index < -0.39 is 0 Å². The van der Waals surface area contributed by atoms with Crippen LogP contribution in [0.3, 0.4) is 0 Å². The Balaban J connectivity index is 2.10. The van der Waals surface area contributed by atoms with Crippen LogP contribution in [-0.2, 0) is 9.47 Å². The summed E-state index contributed by atoms with van der Waals surface area (Å²) in [5, 5.41) is 5.74. The molecule has 100 valence electrons. The van der Waals surface area contributed by atoms with Crippen molar-refractivity contribution in [3.05, 3.63) is 0 Å². The van der Waals surface area contributed by atoms with E-state index in [-0.39, 0.29) is 11.4 Å². The van der Waals surface area contributed by atoms with Gasteiger partial charge in [0.05, 0.1) is 0 Å². The minimum atomic E-state index is -0.0891. The van der Waals surface area contributed by atoms with Crippen molar-refractivity contribution in [2.75, 3.05) is 40.0 Å². The molecule has 0 unspecified atom stereocenters. The maximum Gasteiger partial charge on any atom is 0.314 e. The topological polar surface area (TPSA) is 59.6 Å². The fourth-order valence-corrected chi connectivity index (χ4v) is 1.82. The van der Waals surface area contributed by atoms with Crippen molar-refractivity contribution in [3.63, 3.8) is 0 Å². The Kier molecular flexibility index (Phi) is 6.29. The van der Waals surface area contributed by atoms with Gasteiger partial charge in [0.15, 0.2) is 0 Å². The molecule has 0 radical (unpaired) electrons. The van der Waals surface area contributed by atoms with Crippen LogP contribution in [0.4, 0.5) is 4.79 Å². The molecule has 0 aromatic rings. The molecule has 0 aromatic heterocycles. The predicted molar refractivity (Wildman–Crippen MR) is 66.1 cm³/mol. The summed E-state index contributed by atoms with van der Waals surface area (Å²) >= 11 is 0. The molecular weight excluding hydrogens is 220 g/mol. The van der Waals surface area contributed by atoms with Gasteiger partial charge in [-0.25, -0.2) is 4.79 Å². The van der Waals surface area contributed by atoms with Gasteiger partial charge in [-0.3, -0.25) is 0 Å². The predicted octanol–water partition coefficient (Wildman–Crippen LogP) is 1.14. The molecule has 17 heavy (non-hydrogen) atoms. The first kappa shape index (κ1) is 14.3. The highest BCUT2D eigenvalue weighted by molar-refractivity contribution is 5.73. The number of methoxy groups -OCH3 is 1. The summed E-state index contributed by atoms with van der Waals surface area (Å²) in [4.78, 5) is 11.5. The second-order valence-electron chi connectivity index (χ2n) is 4.88. The van der Waals surface area contributed by atoms with Gasteiger partial charge in [0.25, 0.3) is 0 Å². The van der Waals surface area contributed by atoms with E-state index in [1.807, 2.05) is 0 Å². The summed E-state index contributed by atoms with van der Waals surface area (Å²) in [5.41, 5.74) is 0.183. The van der Waals surface area contributed by atoms with Crippen molar-refractivity contribution < 1.29 is 14.3 Å². The van der Waals surface area contributed by atoms with E-state index in [0.29, 0.717) is 19.7 Å². The minimum absolute atomic E-state index is 0.0891. The summed E-state index contributed by atoms with van der Waals surface area (Å²) in [5.74, 6) is 0. The minimum Gasteiger partial charge on any atom is -0.385 e. The van der Waals surface area contributed by atoms with E-state index in [2.05, 4.69) is 17.6 Å². The van der Waals surface area contributed by atoms with Crippen molar-refractivity contribution in [3.8, 4) is 0 Å². The monoisotopic (exact) mass is 244 g/mol. The van der Waals surface area contributed by atoms with Crippen molar-refractivity contribution in [2.24, 2.45) is 5.41 Å². The van der Waals surface area contributed by atoms with Gasteiger partial charge in [0.1, 0.15) is 0 Å². The zero-order valence-corrected chi connectivity index (χ0v) is 10.9. The number of hydrogen-bond donors (Lipinski definition) is 2. The molecule has 0 aliphatic carbocycles. The van der Waals surface area contributed by atoms with Gasteiger partial charge in [-0.15, -0.1) is 0 Å². The highest BCUT2D eigenvalue weighted by Gasteiger charge is 2.27. The molecule has 2 amide bonds. The fourth-order valence-electron chi connectivity index (χ4n) is 1.82. The van der Waals surface area contributed by atoms with Gasteiger partial charge >= 0.3 is 6.03 Å². The smallest absolute Gasteiger partial charge is 0.314 e. The van der Waals surface area contributed by atoms with E-state index in [9.17, 15) is 4.79 Å². The van der Waals surface area contributed by atoms with Gasteiger partial charge in [0, 0.05) is 40.0 Å². The van der Waals surface area contributed by atoms with Crippen molar-refractivity contribution in [1.29, 1.82) is 0 Å². The molecule has 5 nitrogen and oxygen atoms in total. The van der Waals surface area contributed by atoms with Crippen LogP contribution in [0.25, 0.3) is 0 Å². The zero-order valence-electron chi connectivity index (χ0n) is 10.9. The Morgan fingerprint density at radius 3 is 2.71 bits per heavy atom. The molecule has 0 spiro atoms. The fraction of sp³-hybridized carbons (Fsp3) is 0.917. The van der Waals surface area contributed by atoms with Crippen molar-refractivity contribution >= 4 is 6.03 Å². The quantitative estimate of drug-likeness (QED) is 0.689. The van der Waals surface area contributed by atoms with Crippen LogP contribution in [0.15, 0.2) is 0 Å². The number of ether oxygens (including phenoxy) is 2. The van der Waals surface area contributed by atoms with Crippen LogP contribution in [0.5, 0.6) is 0 Å². The summed E-state index contributed by atoms with van der Waals surface area (Å²) in [6.45, 7) is 5.84. The lowest BCUT2D eigenvalue weighted by Gasteiger charge is -2.33. The first-order valence-electron chi connectivity index (χ1n) is 6.25. The molecule has 5 heteroatoms. The standard InChI is InChI=1S/C12H24N2O3/c1-12(4-8-17-9-5-12)10-14-11(15)13-6-3-7-16-2/h3-10H2,1-2H3,(H2,13,14,15). The Hall–Kier alpha value is -0.810. The molecule has 0 saturated carbocycles. The van der Waals surface area contributed by atoms with Gasteiger partial charge < -0.3 is 20.1 Å². The molecule has 1 fully saturated rings. The highest BCUT2D eigenvalue weighted by Crippen LogP contribution is 2.28. The molecule has 1 heterocycles. The largest absolute Gasteiger partial charge is 0.385 e. The van der Waals surface area contributed by atoms with Crippen LogP contribution in [0.1, 0.15) is 26.2 Å². The van der Waals surface area contributed by atoms with Crippen LogP contribution in [0.2, 0.25) is 0 Å². The molecule has 1 aliphatic heterocycles. The molecule has 1 saturated heterocycles. The Morgan fingerprint density at radius 1 is 1.35 bits per heavy atom. The molecule has 0 aromatic carbocycles. The maximum absolute atomic E-state index is 11.5. The third kappa shape index (κ3) is 5.89. The third-order valence-electron chi connectivity index (χ3n) is 3.19. The summed E-state index contributed by atoms with van der Waals surface area (Å²) < 4.78 is 10.2. The molecule has 2 N–H and O–H groups in total. The first-order valence-corrected chi connectivity index (χ1v) is 6.25. The maximum atomic E-state index is 11.5. The lowest BCUT2D eigenvalue weighted by molar-refractivity contribution is 0.0252. The average Bonchev–Trinajstić information content (AvgIpc) is 2.33. The van der Waals surface area contributed by atoms with Crippen molar-refractivity contribution in [1.82, 2.24) is 10.6 Å². The van der Waals surface area contributed by atoms with Gasteiger partial charge in [0.2, 0.25) is 0 Å². The van der Waals surface area contributed by atoms with E-state index in [1.165, 1.54) is 0 Å². The number of carbonyl (C=O) groups excluding carboxylic acids is 1. The number of urea groups is 1. The van der Waals surface area contributed by atoms with E-state index in [4.69, 9.17) is 9.47 Å². The van der Waals surface area contributed by atoms with E-state index in [0.717, 1.165) is 32.5 Å². The number of hydrogen-bond acceptors (Lipinski definition) is 3. The van der Waals surface area contributed by atoms with E-state index in [1.54, 1.807) is 7.11 Å².